The smallest absolute Gasteiger partial charge is 0.0747 e. The van der Waals surface area contributed by atoms with E-state index in [1.807, 2.05) is 12.4 Å². The van der Waals surface area contributed by atoms with Crippen molar-refractivity contribution in [2.24, 2.45) is 0 Å². The maximum absolute atomic E-state index is 4.83. The van der Waals surface area contributed by atoms with E-state index in [2.05, 4.69) is 246 Å². The van der Waals surface area contributed by atoms with Crippen molar-refractivity contribution in [1.82, 2.24) is 19.1 Å². The van der Waals surface area contributed by atoms with E-state index < -0.39 is 10.8 Å². The Bertz CT molecular complexity index is 4730. The lowest BCUT2D eigenvalue weighted by atomic mass is 9.68. The molecule has 9 aromatic carbocycles. The molecule has 2 atom stereocenters. The normalized spacial score (nSPS) is 17.5. The molecule has 4 aromatic heterocycles. The molecule has 0 aliphatic heterocycles. The molecule has 13 aromatic rings. The van der Waals surface area contributed by atoms with Crippen molar-refractivity contribution in [1.29, 1.82) is 0 Å². The van der Waals surface area contributed by atoms with Crippen LogP contribution in [-0.2, 0) is 10.8 Å². The average molecular weight is 965 g/mol. The summed E-state index contributed by atoms with van der Waals surface area (Å²) in [4.78, 5) is 9.64. The Labute approximate surface area is 438 Å². The van der Waals surface area contributed by atoms with E-state index in [1.165, 1.54) is 138 Å². The van der Waals surface area contributed by atoms with Gasteiger partial charge in [0.1, 0.15) is 0 Å². The molecular formula is C72H44N4. The Morgan fingerprint density at radius 2 is 0.855 bits per heavy atom. The lowest BCUT2D eigenvalue weighted by Gasteiger charge is -2.33. The molecule has 4 nitrogen and oxygen atoms in total. The van der Waals surface area contributed by atoms with Crippen LogP contribution in [0.15, 0.2) is 255 Å². The van der Waals surface area contributed by atoms with E-state index in [1.54, 1.807) is 0 Å². The third-order valence-corrected chi connectivity index (χ3v) is 18.3. The number of pyridine rings is 2. The molecule has 5 aliphatic carbocycles. The molecule has 2 unspecified atom stereocenters. The first kappa shape index (κ1) is 40.8. The molecule has 18 rings (SSSR count). The van der Waals surface area contributed by atoms with Crippen molar-refractivity contribution in [3.8, 4) is 55.9 Å². The molecule has 5 aliphatic rings. The van der Waals surface area contributed by atoms with Crippen LogP contribution in [0.1, 0.15) is 56.8 Å². The first-order valence-electron chi connectivity index (χ1n) is 26.6. The minimum atomic E-state index is -0.502. The average Bonchev–Trinajstić information content (AvgIpc) is 4.48. The van der Waals surface area contributed by atoms with Gasteiger partial charge < -0.3 is 9.13 Å². The summed E-state index contributed by atoms with van der Waals surface area (Å²) in [6, 6.07) is 77.6. The van der Waals surface area contributed by atoms with Gasteiger partial charge in [0, 0.05) is 63.6 Å². The number of para-hydroxylation sites is 2. The Balaban J connectivity index is 0.775. The molecular weight excluding hydrogens is 921 g/mol. The number of hydrogen-bond acceptors (Lipinski definition) is 2. The molecule has 4 heteroatoms. The summed E-state index contributed by atoms with van der Waals surface area (Å²) in [5, 5.41) is 5.14. The zero-order valence-corrected chi connectivity index (χ0v) is 41.2. The fraction of sp³-hybridized carbons (Fsp3) is 0.0556. The summed E-state index contributed by atoms with van der Waals surface area (Å²) in [6.07, 6.45) is 16.2. The molecule has 2 spiro atoms. The molecule has 0 saturated heterocycles. The lowest BCUT2D eigenvalue weighted by Crippen LogP contribution is -2.27. The van der Waals surface area contributed by atoms with Crippen LogP contribution in [0.3, 0.4) is 0 Å². The Morgan fingerprint density at radius 1 is 0.382 bits per heavy atom. The highest BCUT2D eigenvalue weighted by molar-refractivity contribution is 6.17. The maximum Gasteiger partial charge on any atom is 0.0747 e. The number of rotatable bonds is 3. The summed E-state index contributed by atoms with van der Waals surface area (Å²) in [7, 11) is 0. The van der Waals surface area contributed by atoms with Crippen molar-refractivity contribution in [3.05, 3.63) is 299 Å². The minimum absolute atomic E-state index is 0.325. The summed E-state index contributed by atoms with van der Waals surface area (Å²) in [6.45, 7) is 0. The van der Waals surface area contributed by atoms with Crippen molar-refractivity contribution in [2.45, 2.75) is 23.2 Å². The van der Waals surface area contributed by atoms with Gasteiger partial charge in [-0.1, -0.05) is 164 Å². The number of allylic oxidation sites excluding steroid dienone is 4. The quantitative estimate of drug-likeness (QED) is 0.177. The predicted octanol–water partition coefficient (Wildman–Crippen LogP) is 17.0. The van der Waals surface area contributed by atoms with Crippen LogP contribution in [0.25, 0.3) is 99.5 Å². The van der Waals surface area contributed by atoms with Gasteiger partial charge in [-0.05, 0) is 162 Å². The van der Waals surface area contributed by atoms with Crippen molar-refractivity contribution in [3.63, 3.8) is 0 Å². The number of fused-ring (bicyclic) bond motifs is 28. The third-order valence-electron chi connectivity index (χ3n) is 18.3. The monoisotopic (exact) mass is 964 g/mol. The van der Waals surface area contributed by atoms with Gasteiger partial charge in [-0.2, -0.15) is 0 Å². The van der Waals surface area contributed by atoms with Crippen LogP contribution in [0.4, 0.5) is 0 Å². The van der Waals surface area contributed by atoms with Crippen LogP contribution in [0, 0.1) is 0 Å². The number of nitrogens with zero attached hydrogens (tertiary/aromatic N) is 4. The molecule has 0 radical (unpaired) electrons. The zero-order valence-electron chi connectivity index (χ0n) is 41.2. The van der Waals surface area contributed by atoms with Gasteiger partial charge >= 0.3 is 0 Å². The van der Waals surface area contributed by atoms with Crippen molar-refractivity contribution in [2.75, 3.05) is 0 Å². The molecule has 0 amide bonds. The SMILES string of the molecule is C1=CCC2C(=C1)C1(c3cnccc3-c3ccc4c(c31)c1ccccc1n4-c1ccc(-c3ccc(-n4c5ccccc5c5c6c(ccc54)-c4ccncc4C64c5ccccc5-c5ccccc54)cc3)cc1)c1ccccc12. The van der Waals surface area contributed by atoms with Crippen LogP contribution < -0.4 is 0 Å². The molecule has 352 valence electrons. The van der Waals surface area contributed by atoms with E-state index in [0.29, 0.717) is 5.92 Å². The van der Waals surface area contributed by atoms with Gasteiger partial charge in [-0.25, -0.2) is 0 Å². The van der Waals surface area contributed by atoms with Crippen LogP contribution in [0.5, 0.6) is 0 Å². The van der Waals surface area contributed by atoms with Gasteiger partial charge in [-0.3, -0.25) is 9.97 Å². The second-order valence-corrected chi connectivity index (χ2v) is 21.4. The number of benzene rings is 9. The molecule has 0 N–H and O–H groups in total. The highest BCUT2D eigenvalue weighted by atomic mass is 15.0. The molecule has 76 heavy (non-hydrogen) atoms. The van der Waals surface area contributed by atoms with Gasteiger partial charge in [0.2, 0.25) is 0 Å². The lowest BCUT2D eigenvalue weighted by molar-refractivity contribution is 0.709. The highest BCUT2D eigenvalue weighted by Gasteiger charge is 2.57. The van der Waals surface area contributed by atoms with Gasteiger partial charge in [0.25, 0.3) is 0 Å². The van der Waals surface area contributed by atoms with Crippen molar-refractivity contribution < 1.29 is 0 Å². The van der Waals surface area contributed by atoms with E-state index in [9.17, 15) is 0 Å². The predicted molar refractivity (Wildman–Crippen MR) is 309 cm³/mol. The summed E-state index contributed by atoms with van der Waals surface area (Å²) < 4.78 is 4.96. The van der Waals surface area contributed by atoms with E-state index >= 15 is 0 Å². The Morgan fingerprint density at radius 3 is 1.43 bits per heavy atom. The second kappa shape index (κ2) is 14.6. The summed E-state index contributed by atoms with van der Waals surface area (Å²) >= 11 is 0. The van der Waals surface area contributed by atoms with Crippen LogP contribution in [-0.4, -0.2) is 19.1 Å². The highest BCUT2D eigenvalue weighted by Crippen LogP contribution is 2.68. The largest absolute Gasteiger partial charge is 0.309 e. The molecule has 0 fully saturated rings. The van der Waals surface area contributed by atoms with Gasteiger partial charge in [-0.15, -0.1) is 0 Å². The molecule has 0 bridgehead atoms. The van der Waals surface area contributed by atoms with Crippen LogP contribution >= 0.6 is 0 Å². The Hall–Kier alpha value is -9.64. The standard InChI is InChI=1S/C72H44N4/c1-7-19-57-47(13-1)48-14-2-8-20-58(48)71(57)61-41-73-39-37-51(61)53-33-35-65-67(69(53)71)55-17-5-11-23-63(55)75(65)45-29-25-43(26-30-45)44-27-31-46(32-28-44)76-64-24-12-6-18-56(64)68-66(76)36-34-54-52-38-40-74-42-62(52)72(70(54)68)59-21-9-3-15-49(59)50-16-4-10-22-60(50)72/h1-15,17-42,50H,16H2. The van der Waals surface area contributed by atoms with Crippen molar-refractivity contribution >= 4 is 43.6 Å². The van der Waals surface area contributed by atoms with E-state index in [0.717, 1.165) is 17.8 Å². The van der Waals surface area contributed by atoms with E-state index in [-0.39, 0.29) is 0 Å². The molecule has 4 heterocycles. The third kappa shape index (κ3) is 4.79. The first-order chi connectivity index (χ1) is 37.7. The molecule has 0 saturated carbocycles. The van der Waals surface area contributed by atoms with Crippen LogP contribution in [0.2, 0.25) is 0 Å². The topological polar surface area (TPSA) is 35.6 Å². The number of hydrogen-bond donors (Lipinski definition) is 0. The minimum Gasteiger partial charge on any atom is -0.309 e. The second-order valence-electron chi connectivity index (χ2n) is 21.4. The van der Waals surface area contributed by atoms with Gasteiger partial charge in [0.15, 0.2) is 0 Å². The zero-order chi connectivity index (χ0) is 49.4. The first-order valence-corrected chi connectivity index (χ1v) is 26.6. The fourth-order valence-electron chi connectivity index (χ4n) is 15.6. The maximum atomic E-state index is 4.83. The summed E-state index contributed by atoms with van der Waals surface area (Å²) in [5.74, 6) is 0.325. The Kier molecular flexibility index (Phi) is 7.82. The summed E-state index contributed by atoms with van der Waals surface area (Å²) in [5.41, 5.74) is 28.4. The van der Waals surface area contributed by atoms with E-state index in [4.69, 9.17) is 9.97 Å². The van der Waals surface area contributed by atoms with Gasteiger partial charge in [0.05, 0.1) is 32.9 Å². The fourth-order valence-corrected chi connectivity index (χ4v) is 15.6. The number of aromatic nitrogens is 4.